The summed E-state index contributed by atoms with van der Waals surface area (Å²) in [5.74, 6) is 0.648. The average Bonchev–Trinajstić information content (AvgIpc) is 2.54. The van der Waals surface area contributed by atoms with Crippen molar-refractivity contribution in [2.75, 3.05) is 6.54 Å². The lowest BCUT2D eigenvalue weighted by Crippen LogP contribution is -3.00. The first kappa shape index (κ1) is 15.8. The van der Waals surface area contributed by atoms with E-state index in [-0.39, 0.29) is 18.1 Å². The summed E-state index contributed by atoms with van der Waals surface area (Å²) < 4.78 is 3.38. The molecule has 5 heteroatoms. The molecule has 0 aliphatic heterocycles. The Morgan fingerprint density at radius 2 is 1.79 bits per heavy atom. The van der Waals surface area contributed by atoms with Crippen molar-refractivity contribution in [2.45, 2.75) is 20.4 Å². The Bertz CT molecular complexity index is 613. The summed E-state index contributed by atoms with van der Waals surface area (Å²) in [4.78, 5) is 11.8. The molecular formula is C14H21ClN3O-. The van der Waals surface area contributed by atoms with Crippen molar-refractivity contribution in [1.29, 1.82) is 0 Å². The van der Waals surface area contributed by atoms with Crippen molar-refractivity contribution in [3.63, 3.8) is 0 Å². The second-order valence-electron chi connectivity index (χ2n) is 5.25. The standard InChI is InChI=1S/C14H21N3O.ClH/c1-10(2)8-15-9-11-5-6-12-13(7-11)17(4)14(18)16(12)3;/h5-7,10,15H,8-9H2,1-4H3;1H/p-1. The average molecular weight is 283 g/mol. The maximum atomic E-state index is 11.8. The molecule has 0 unspecified atom stereocenters. The van der Waals surface area contributed by atoms with E-state index in [1.54, 1.807) is 16.2 Å². The molecule has 1 aromatic carbocycles. The minimum atomic E-state index is 0. The fourth-order valence-corrected chi connectivity index (χ4v) is 2.17. The third kappa shape index (κ3) is 3.19. The second kappa shape index (κ2) is 6.26. The number of hydrogen-bond acceptors (Lipinski definition) is 2. The van der Waals surface area contributed by atoms with Crippen molar-refractivity contribution >= 4 is 11.0 Å². The predicted molar refractivity (Wildman–Crippen MR) is 74.7 cm³/mol. The molecule has 0 aliphatic carbocycles. The molecule has 0 atom stereocenters. The van der Waals surface area contributed by atoms with Crippen LogP contribution in [0.3, 0.4) is 0 Å². The molecule has 0 radical (unpaired) electrons. The minimum absolute atomic E-state index is 0. The summed E-state index contributed by atoms with van der Waals surface area (Å²) in [6.45, 7) is 6.23. The summed E-state index contributed by atoms with van der Waals surface area (Å²) in [5, 5.41) is 3.41. The summed E-state index contributed by atoms with van der Waals surface area (Å²) in [6, 6.07) is 6.18. The van der Waals surface area contributed by atoms with Crippen LogP contribution in [-0.2, 0) is 20.6 Å². The summed E-state index contributed by atoms with van der Waals surface area (Å²) >= 11 is 0. The number of aryl methyl sites for hydroxylation is 2. The Morgan fingerprint density at radius 3 is 2.42 bits per heavy atom. The maximum absolute atomic E-state index is 11.8. The van der Waals surface area contributed by atoms with Gasteiger partial charge < -0.3 is 17.7 Å². The van der Waals surface area contributed by atoms with E-state index in [9.17, 15) is 4.79 Å². The van der Waals surface area contributed by atoms with Crippen molar-refractivity contribution in [2.24, 2.45) is 20.0 Å². The van der Waals surface area contributed by atoms with Crippen molar-refractivity contribution in [3.05, 3.63) is 34.2 Å². The van der Waals surface area contributed by atoms with Gasteiger partial charge in [0.1, 0.15) is 0 Å². The molecule has 2 rings (SSSR count). The molecule has 0 spiro atoms. The van der Waals surface area contributed by atoms with Crippen LogP contribution in [0.1, 0.15) is 19.4 Å². The Labute approximate surface area is 119 Å². The molecular weight excluding hydrogens is 262 g/mol. The molecule has 1 heterocycles. The van der Waals surface area contributed by atoms with Crippen molar-refractivity contribution < 1.29 is 12.4 Å². The van der Waals surface area contributed by atoms with Crippen molar-refractivity contribution in [1.82, 2.24) is 14.5 Å². The van der Waals surface area contributed by atoms with Crippen LogP contribution in [0.4, 0.5) is 0 Å². The lowest BCUT2D eigenvalue weighted by atomic mass is 10.2. The number of nitrogens with one attached hydrogen (secondary N) is 1. The van der Waals surface area contributed by atoms with Crippen LogP contribution >= 0.6 is 0 Å². The highest BCUT2D eigenvalue weighted by Crippen LogP contribution is 2.13. The summed E-state index contributed by atoms with van der Waals surface area (Å²) in [6.07, 6.45) is 0. The Balaban J connectivity index is 0.00000180. The zero-order valence-electron chi connectivity index (χ0n) is 11.9. The van der Waals surface area contributed by atoms with Gasteiger partial charge in [-0.25, -0.2) is 4.79 Å². The first-order chi connectivity index (χ1) is 8.50. The Hall–Kier alpha value is -1.26. The van der Waals surface area contributed by atoms with Crippen LogP contribution in [0.2, 0.25) is 0 Å². The molecule has 0 saturated heterocycles. The molecule has 0 saturated carbocycles. The second-order valence-corrected chi connectivity index (χ2v) is 5.25. The Kier molecular flexibility index (Phi) is 5.20. The normalized spacial score (nSPS) is 11.0. The zero-order chi connectivity index (χ0) is 13.3. The topological polar surface area (TPSA) is 39.0 Å². The number of nitrogens with zero attached hydrogens (tertiary/aromatic N) is 2. The van der Waals surface area contributed by atoms with Gasteiger partial charge in [0.25, 0.3) is 0 Å². The molecule has 1 N–H and O–H groups in total. The molecule has 0 amide bonds. The number of imidazole rings is 1. The largest absolute Gasteiger partial charge is 1.00 e. The van der Waals surface area contributed by atoms with Gasteiger partial charge in [-0.1, -0.05) is 19.9 Å². The lowest BCUT2D eigenvalue weighted by Gasteiger charge is -2.07. The number of halogens is 1. The van der Waals surface area contributed by atoms with Gasteiger partial charge in [-0.3, -0.25) is 9.13 Å². The Morgan fingerprint density at radius 1 is 1.16 bits per heavy atom. The molecule has 4 nitrogen and oxygen atoms in total. The van der Waals surface area contributed by atoms with Crippen LogP contribution in [0, 0.1) is 5.92 Å². The van der Waals surface area contributed by atoms with Crippen LogP contribution in [0.5, 0.6) is 0 Å². The van der Waals surface area contributed by atoms with E-state index in [0.717, 1.165) is 24.1 Å². The number of aromatic nitrogens is 2. The lowest BCUT2D eigenvalue weighted by molar-refractivity contribution is -0.00000409. The van der Waals surface area contributed by atoms with Crippen LogP contribution in [0.25, 0.3) is 11.0 Å². The molecule has 106 valence electrons. The van der Waals surface area contributed by atoms with Gasteiger partial charge in [0.15, 0.2) is 0 Å². The summed E-state index contributed by atoms with van der Waals surface area (Å²) in [5.41, 5.74) is 3.21. The van der Waals surface area contributed by atoms with Crippen LogP contribution < -0.4 is 23.4 Å². The van der Waals surface area contributed by atoms with E-state index < -0.39 is 0 Å². The third-order valence-electron chi connectivity index (χ3n) is 3.22. The minimum Gasteiger partial charge on any atom is -1.00 e. The number of rotatable bonds is 4. The number of fused-ring (bicyclic) bond motifs is 1. The molecule has 19 heavy (non-hydrogen) atoms. The van der Waals surface area contributed by atoms with Gasteiger partial charge in [-0.2, -0.15) is 0 Å². The molecule has 0 aliphatic rings. The van der Waals surface area contributed by atoms with E-state index in [0.29, 0.717) is 5.92 Å². The monoisotopic (exact) mass is 282 g/mol. The molecule has 2 aromatic rings. The highest BCUT2D eigenvalue weighted by Gasteiger charge is 2.07. The van der Waals surface area contributed by atoms with Gasteiger partial charge in [0, 0.05) is 20.6 Å². The van der Waals surface area contributed by atoms with E-state index in [2.05, 4.69) is 31.3 Å². The fourth-order valence-electron chi connectivity index (χ4n) is 2.17. The quantitative estimate of drug-likeness (QED) is 0.751. The first-order valence-electron chi connectivity index (χ1n) is 6.35. The SMILES string of the molecule is CC(C)CNCc1ccc2c(c1)n(C)c(=O)n2C.[Cl-]. The molecule has 0 bridgehead atoms. The van der Waals surface area contributed by atoms with Gasteiger partial charge in [0.2, 0.25) is 0 Å². The van der Waals surface area contributed by atoms with E-state index in [1.165, 1.54) is 5.56 Å². The van der Waals surface area contributed by atoms with Gasteiger partial charge in [-0.05, 0) is 30.2 Å². The zero-order valence-corrected chi connectivity index (χ0v) is 12.7. The van der Waals surface area contributed by atoms with Gasteiger partial charge >= 0.3 is 5.69 Å². The fraction of sp³-hybridized carbons (Fsp3) is 0.500. The number of benzene rings is 1. The predicted octanol–water partition coefficient (Wildman–Crippen LogP) is -1.37. The molecule has 1 aromatic heterocycles. The van der Waals surface area contributed by atoms with Crippen molar-refractivity contribution in [3.8, 4) is 0 Å². The number of hydrogen-bond donors (Lipinski definition) is 1. The maximum Gasteiger partial charge on any atom is 0.328 e. The van der Waals surface area contributed by atoms with E-state index in [1.807, 2.05) is 13.1 Å². The third-order valence-corrected chi connectivity index (χ3v) is 3.22. The van der Waals surface area contributed by atoms with Gasteiger partial charge in [0.05, 0.1) is 11.0 Å². The van der Waals surface area contributed by atoms with Gasteiger partial charge in [-0.15, -0.1) is 0 Å². The highest BCUT2D eigenvalue weighted by atomic mass is 35.5. The molecule has 0 fully saturated rings. The summed E-state index contributed by atoms with van der Waals surface area (Å²) in [7, 11) is 3.62. The highest BCUT2D eigenvalue weighted by molar-refractivity contribution is 5.76. The first-order valence-corrected chi connectivity index (χ1v) is 6.35. The smallest absolute Gasteiger partial charge is 0.328 e. The van der Waals surface area contributed by atoms with Crippen LogP contribution in [0.15, 0.2) is 23.0 Å². The van der Waals surface area contributed by atoms with E-state index >= 15 is 0 Å². The van der Waals surface area contributed by atoms with Crippen LogP contribution in [-0.4, -0.2) is 15.7 Å². The van der Waals surface area contributed by atoms with E-state index in [4.69, 9.17) is 0 Å².